The molecule has 0 aromatic heterocycles. The molecule has 3 nitrogen and oxygen atoms in total. The van der Waals surface area contributed by atoms with Gasteiger partial charge in [0.15, 0.2) is 0 Å². The fraction of sp³-hybridized carbons (Fsp3) is 0.533. The molecular weight excluding hydrogens is 262 g/mol. The predicted molar refractivity (Wildman–Crippen MR) is 71.2 cm³/mol. The number of carbonyl (C=O) groups is 1. The lowest BCUT2D eigenvalue weighted by Gasteiger charge is -2.17. The maximum Gasteiger partial charge on any atom is 0.239 e. The summed E-state index contributed by atoms with van der Waals surface area (Å²) in [6, 6.07) is 3.96. The third kappa shape index (κ3) is 3.15. The van der Waals surface area contributed by atoms with Crippen molar-refractivity contribution in [3.8, 4) is 0 Å². The van der Waals surface area contributed by atoms with E-state index in [-0.39, 0.29) is 11.9 Å². The molecule has 5 heteroatoms. The first-order chi connectivity index (χ1) is 9.61. The van der Waals surface area contributed by atoms with Gasteiger partial charge in [0.2, 0.25) is 5.91 Å². The molecule has 1 N–H and O–H groups in total. The van der Waals surface area contributed by atoms with E-state index in [0.29, 0.717) is 24.6 Å². The van der Waals surface area contributed by atoms with Crippen LogP contribution < -0.4 is 5.32 Å². The summed E-state index contributed by atoms with van der Waals surface area (Å²) in [5, 5.41) is 3.34. The SMILES string of the molecule is O=C1C(NC2CC2)CCN1CCc1cc(F)cc(F)c1. The second-order valence-electron chi connectivity index (χ2n) is 5.64. The van der Waals surface area contributed by atoms with Gasteiger partial charge in [-0.3, -0.25) is 4.79 Å². The Morgan fingerprint density at radius 2 is 1.85 bits per heavy atom. The van der Waals surface area contributed by atoms with Gasteiger partial charge in [0.25, 0.3) is 0 Å². The van der Waals surface area contributed by atoms with Crippen LogP contribution in [0, 0.1) is 11.6 Å². The molecule has 1 heterocycles. The van der Waals surface area contributed by atoms with Crippen LogP contribution in [0.5, 0.6) is 0 Å². The highest BCUT2D eigenvalue weighted by atomic mass is 19.1. The first-order valence-corrected chi connectivity index (χ1v) is 7.11. The van der Waals surface area contributed by atoms with Crippen LogP contribution in [-0.2, 0) is 11.2 Å². The van der Waals surface area contributed by atoms with Crippen LogP contribution in [0.1, 0.15) is 24.8 Å². The number of rotatable bonds is 5. The Labute approximate surface area is 117 Å². The van der Waals surface area contributed by atoms with Gasteiger partial charge in [-0.1, -0.05) is 0 Å². The summed E-state index contributed by atoms with van der Waals surface area (Å²) in [5.41, 5.74) is 0.592. The van der Waals surface area contributed by atoms with Crippen molar-refractivity contribution in [1.82, 2.24) is 10.2 Å². The summed E-state index contributed by atoms with van der Waals surface area (Å²) in [6.45, 7) is 1.24. The fourth-order valence-electron chi connectivity index (χ4n) is 2.67. The molecule has 108 valence electrons. The third-order valence-electron chi connectivity index (χ3n) is 3.90. The zero-order valence-corrected chi connectivity index (χ0v) is 11.2. The summed E-state index contributed by atoms with van der Waals surface area (Å²) < 4.78 is 26.2. The van der Waals surface area contributed by atoms with Gasteiger partial charge in [-0.2, -0.15) is 0 Å². The molecule has 1 aromatic rings. The fourth-order valence-corrected chi connectivity index (χ4v) is 2.67. The molecular formula is C15H18F2N2O. The zero-order chi connectivity index (χ0) is 14.1. The quantitative estimate of drug-likeness (QED) is 0.893. The summed E-state index contributed by atoms with van der Waals surface area (Å²) in [4.78, 5) is 13.9. The molecule has 1 aliphatic carbocycles. The van der Waals surface area contributed by atoms with Crippen molar-refractivity contribution in [2.75, 3.05) is 13.1 Å². The number of hydrogen-bond donors (Lipinski definition) is 1. The summed E-state index contributed by atoms with van der Waals surface area (Å²) in [5.74, 6) is -1.02. The van der Waals surface area contributed by atoms with E-state index >= 15 is 0 Å². The Morgan fingerprint density at radius 1 is 1.15 bits per heavy atom. The Balaban J connectivity index is 1.54. The van der Waals surface area contributed by atoms with Crippen molar-refractivity contribution in [3.05, 3.63) is 35.4 Å². The number of amides is 1. The van der Waals surface area contributed by atoms with Gasteiger partial charge in [0, 0.05) is 25.2 Å². The standard InChI is InChI=1S/C15H18F2N2O/c16-11-7-10(8-12(17)9-11)3-5-19-6-4-14(15(19)20)18-13-1-2-13/h7-9,13-14,18H,1-6H2. The molecule has 1 aliphatic heterocycles. The van der Waals surface area contributed by atoms with E-state index in [1.54, 1.807) is 4.90 Å². The largest absolute Gasteiger partial charge is 0.341 e. The molecule has 1 unspecified atom stereocenters. The van der Waals surface area contributed by atoms with E-state index in [0.717, 1.165) is 31.9 Å². The minimum atomic E-state index is -0.568. The molecule has 2 fully saturated rings. The number of halogens is 2. The molecule has 1 atom stereocenters. The molecule has 20 heavy (non-hydrogen) atoms. The molecule has 0 spiro atoms. The topological polar surface area (TPSA) is 32.3 Å². The number of hydrogen-bond acceptors (Lipinski definition) is 2. The van der Waals surface area contributed by atoms with Gasteiger partial charge in [0.1, 0.15) is 11.6 Å². The number of benzene rings is 1. The van der Waals surface area contributed by atoms with Crippen molar-refractivity contribution in [3.63, 3.8) is 0 Å². The van der Waals surface area contributed by atoms with Gasteiger partial charge in [-0.15, -0.1) is 0 Å². The Hall–Kier alpha value is -1.49. The first kappa shape index (κ1) is 13.5. The van der Waals surface area contributed by atoms with Crippen molar-refractivity contribution >= 4 is 5.91 Å². The van der Waals surface area contributed by atoms with E-state index in [1.165, 1.54) is 12.1 Å². The molecule has 1 aromatic carbocycles. The maximum absolute atomic E-state index is 13.1. The minimum Gasteiger partial charge on any atom is -0.341 e. The third-order valence-corrected chi connectivity index (χ3v) is 3.90. The molecule has 0 bridgehead atoms. The second kappa shape index (κ2) is 5.48. The van der Waals surface area contributed by atoms with Gasteiger partial charge in [-0.05, 0) is 43.4 Å². The van der Waals surface area contributed by atoms with Crippen LogP contribution >= 0.6 is 0 Å². The average molecular weight is 280 g/mol. The summed E-state index contributed by atoms with van der Waals surface area (Å²) >= 11 is 0. The Kier molecular flexibility index (Phi) is 3.70. The molecule has 1 saturated heterocycles. The molecule has 0 radical (unpaired) electrons. The smallest absolute Gasteiger partial charge is 0.239 e. The van der Waals surface area contributed by atoms with Gasteiger partial charge >= 0.3 is 0 Å². The van der Waals surface area contributed by atoms with Crippen LogP contribution in [0.15, 0.2) is 18.2 Å². The normalized spacial score (nSPS) is 22.6. The highest BCUT2D eigenvalue weighted by molar-refractivity contribution is 5.84. The number of nitrogens with one attached hydrogen (secondary N) is 1. The monoisotopic (exact) mass is 280 g/mol. The van der Waals surface area contributed by atoms with E-state index < -0.39 is 11.6 Å². The Bertz CT molecular complexity index is 496. The lowest BCUT2D eigenvalue weighted by Crippen LogP contribution is -2.39. The van der Waals surface area contributed by atoms with E-state index in [4.69, 9.17) is 0 Å². The van der Waals surface area contributed by atoms with Crippen molar-refractivity contribution in [1.29, 1.82) is 0 Å². The van der Waals surface area contributed by atoms with Crippen LogP contribution in [-0.4, -0.2) is 36.0 Å². The summed E-state index contributed by atoms with van der Waals surface area (Å²) in [6.07, 6.45) is 3.63. The number of likely N-dealkylation sites (tertiary alicyclic amines) is 1. The molecule has 1 amide bonds. The van der Waals surface area contributed by atoms with Crippen LogP contribution in [0.4, 0.5) is 8.78 Å². The van der Waals surface area contributed by atoms with E-state index in [9.17, 15) is 13.6 Å². The first-order valence-electron chi connectivity index (χ1n) is 7.11. The van der Waals surface area contributed by atoms with Crippen molar-refractivity contribution in [2.24, 2.45) is 0 Å². The number of nitrogens with zero attached hydrogens (tertiary/aromatic N) is 1. The van der Waals surface area contributed by atoms with Crippen LogP contribution in [0.2, 0.25) is 0 Å². The van der Waals surface area contributed by atoms with Crippen LogP contribution in [0.3, 0.4) is 0 Å². The predicted octanol–water partition coefficient (Wildman–Crippen LogP) is 1.86. The van der Waals surface area contributed by atoms with Crippen molar-refractivity contribution < 1.29 is 13.6 Å². The maximum atomic E-state index is 13.1. The minimum absolute atomic E-state index is 0.0632. The lowest BCUT2D eigenvalue weighted by molar-refractivity contribution is -0.129. The van der Waals surface area contributed by atoms with Gasteiger partial charge in [-0.25, -0.2) is 8.78 Å². The molecule has 2 aliphatic rings. The van der Waals surface area contributed by atoms with Crippen LogP contribution in [0.25, 0.3) is 0 Å². The Morgan fingerprint density at radius 3 is 2.50 bits per heavy atom. The van der Waals surface area contributed by atoms with Gasteiger partial charge in [0.05, 0.1) is 6.04 Å². The van der Waals surface area contributed by atoms with Crippen molar-refractivity contribution in [2.45, 2.75) is 37.8 Å². The lowest BCUT2D eigenvalue weighted by atomic mass is 10.1. The molecule has 1 saturated carbocycles. The zero-order valence-electron chi connectivity index (χ0n) is 11.2. The number of carbonyl (C=O) groups excluding carboxylic acids is 1. The average Bonchev–Trinajstić information content (AvgIpc) is 3.13. The highest BCUT2D eigenvalue weighted by Gasteiger charge is 2.35. The van der Waals surface area contributed by atoms with Gasteiger partial charge < -0.3 is 10.2 Å². The second-order valence-corrected chi connectivity index (χ2v) is 5.64. The van der Waals surface area contributed by atoms with E-state index in [1.807, 2.05) is 0 Å². The highest BCUT2D eigenvalue weighted by Crippen LogP contribution is 2.22. The van der Waals surface area contributed by atoms with E-state index in [2.05, 4.69) is 5.32 Å². The summed E-state index contributed by atoms with van der Waals surface area (Å²) in [7, 11) is 0. The molecule has 3 rings (SSSR count).